The van der Waals surface area contributed by atoms with Crippen molar-refractivity contribution in [3.63, 3.8) is 0 Å². The molecule has 0 aliphatic carbocycles. The van der Waals surface area contributed by atoms with Crippen molar-refractivity contribution in [1.82, 2.24) is 9.55 Å². The molecule has 0 aliphatic heterocycles. The van der Waals surface area contributed by atoms with Gasteiger partial charge in [0.2, 0.25) is 0 Å². The number of hydrogen-bond donors (Lipinski definition) is 1. The molecule has 1 unspecified atom stereocenters. The summed E-state index contributed by atoms with van der Waals surface area (Å²) in [6, 6.07) is 9.46. The Morgan fingerprint density at radius 2 is 1.93 bits per heavy atom. The average Bonchev–Trinajstić information content (AvgIpc) is 2.61. The largest absolute Gasteiger partial charge is 0.329 e. The summed E-state index contributed by atoms with van der Waals surface area (Å²) >= 11 is 9.14. The summed E-state index contributed by atoms with van der Waals surface area (Å²) in [6.07, 6.45) is 0. The molecule has 3 rings (SSSR count). The number of rotatable bonds is 4. The molecule has 0 amide bonds. The summed E-state index contributed by atoms with van der Waals surface area (Å²) in [7, 11) is -3.67. The van der Waals surface area contributed by atoms with Gasteiger partial charge in [-0.3, -0.25) is 9.36 Å². The summed E-state index contributed by atoms with van der Waals surface area (Å²) in [5.74, 6) is 0. The van der Waals surface area contributed by atoms with E-state index in [0.717, 1.165) is 14.6 Å². The molecule has 1 atom stereocenters. The third-order valence-electron chi connectivity index (χ3n) is 4.26. The fourth-order valence-electron chi connectivity index (χ4n) is 2.72. The Kier molecular flexibility index (Phi) is 5.33. The van der Waals surface area contributed by atoms with Crippen LogP contribution >= 0.6 is 27.5 Å². The van der Waals surface area contributed by atoms with E-state index in [1.54, 1.807) is 24.3 Å². The smallest absolute Gasteiger partial charge is 0.307 e. The molecule has 2 aromatic carbocycles. The molecule has 0 saturated heterocycles. The van der Waals surface area contributed by atoms with Crippen LogP contribution in [0.5, 0.6) is 0 Å². The quantitative estimate of drug-likeness (QED) is 0.592. The van der Waals surface area contributed by atoms with Gasteiger partial charge < -0.3 is 4.98 Å². The highest BCUT2D eigenvalue weighted by Crippen LogP contribution is 2.21. The van der Waals surface area contributed by atoms with E-state index in [2.05, 4.69) is 20.9 Å². The van der Waals surface area contributed by atoms with Crippen LogP contribution in [0.15, 0.2) is 55.4 Å². The van der Waals surface area contributed by atoms with Crippen molar-refractivity contribution in [2.45, 2.75) is 30.0 Å². The Balaban J connectivity index is 2.12. The van der Waals surface area contributed by atoms with Gasteiger partial charge in [-0.05, 0) is 49.2 Å². The van der Waals surface area contributed by atoms with Crippen LogP contribution in [0.25, 0.3) is 10.9 Å². The Morgan fingerprint density at radius 3 is 2.59 bits per heavy atom. The van der Waals surface area contributed by atoms with Gasteiger partial charge in [0, 0.05) is 4.47 Å². The number of nitrogens with one attached hydrogen (secondary N) is 1. The molecule has 1 N–H and O–H groups in total. The molecule has 3 aromatic rings. The number of aryl methyl sites for hydroxylation is 1. The Labute approximate surface area is 168 Å². The Morgan fingerprint density at radius 1 is 1.22 bits per heavy atom. The normalized spacial score (nSPS) is 13.0. The van der Waals surface area contributed by atoms with Crippen LogP contribution in [-0.4, -0.2) is 22.7 Å². The molecule has 0 fully saturated rings. The number of aromatic nitrogens is 2. The molecular formula is C18H16BrClN2O4S. The molecule has 0 spiro atoms. The third-order valence-corrected chi connectivity index (χ3v) is 7.58. The second-order valence-corrected chi connectivity index (χ2v) is 10.2. The minimum absolute atomic E-state index is 0.0473. The number of sulfone groups is 1. The maximum absolute atomic E-state index is 12.8. The van der Waals surface area contributed by atoms with E-state index in [1.165, 1.54) is 19.1 Å². The van der Waals surface area contributed by atoms with Crippen LogP contribution in [0.3, 0.4) is 0 Å². The predicted molar refractivity (Wildman–Crippen MR) is 109 cm³/mol. The van der Waals surface area contributed by atoms with Crippen molar-refractivity contribution in [2.24, 2.45) is 0 Å². The SMILES string of the molecule is Cc1cc2[nH]c(=O)n(Cc3cccc(S(=O)(=O)C(C)Cl)c3)c(=O)c2cc1Br. The number of aromatic amines is 1. The first kappa shape index (κ1) is 19.9. The molecule has 0 radical (unpaired) electrons. The van der Waals surface area contributed by atoms with E-state index in [-0.39, 0.29) is 11.4 Å². The lowest BCUT2D eigenvalue weighted by Gasteiger charge is -2.10. The van der Waals surface area contributed by atoms with Crippen molar-refractivity contribution >= 4 is 48.3 Å². The molecule has 0 bridgehead atoms. The van der Waals surface area contributed by atoms with E-state index >= 15 is 0 Å². The zero-order valence-electron chi connectivity index (χ0n) is 14.5. The molecule has 9 heteroatoms. The van der Waals surface area contributed by atoms with Crippen LogP contribution in [0.2, 0.25) is 0 Å². The van der Waals surface area contributed by atoms with E-state index in [9.17, 15) is 18.0 Å². The number of hydrogen-bond acceptors (Lipinski definition) is 4. The summed E-state index contributed by atoms with van der Waals surface area (Å²) < 4.78 is 25.2. The van der Waals surface area contributed by atoms with Gasteiger partial charge in [0.15, 0.2) is 9.84 Å². The molecule has 0 aliphatic rings. The molecule has 27 heavy (non-hydrogen) atoms. The molecule has 142 valence electrons. The highest BCUT2D eigenvalue weighted by atomic mass is 79.9. The van der Waals surface area contributed by atoms with E-state index in [1.807, 2.05) is 6.92 Å². The van der Waals surface area contributed by atoms with Crippen LogP contribution in [0.4, 0.5) is 0 Å². The topological polar surface area (TPSA) is 89.0 Å². The van der Waals surface area contributed by atoms with Gasteiger partial charge in [-0.1, -0.05) is 28.1 Å². The molecule has 6 nitrogen and oxygen atoms in total. The van der Waals surface area contributed by atoms with Gasteiger partial charge in [-0.25, -0.2) is 13.2 Å². The molecule has 1 heterocycles. The van der Waals surface area contributed by atoms with Gasteiger partial charge in [0.25, 0.3) is 5.56 Å². The Bertz CT molecular complexity index is 1260. The standard InChI is InChI=1S/C18H16BrClN2O4S/c1-10-6-16-14(8-15(10)19)17(23)22(18(24)21-16)9-12-4-3-5-13(7-12)27(25,26)11(2)20/h3-8,11H,9H2,1-2H3,(H,21,24). The molecule has 0 saturated carbocycles. The lowest BCUT2D eigenvalue weighted by Crippen LogP contribution is -2.35. The molecule has 1 aromatic heterocycles. The number of alkyl halides is 1. The van der Waals surface area contributed by atoms with Crippen molar-refractivity contribution in [3.8, 4) is 0 Å². The lowest BCUT2D eigenvalue weighted by molar-refractivity contribution is 0.594. The van der Waals surface area contributed by atoms with Gasteiger partial charge in [0.05, 0.1) is 22.3 Å². The van der Waals surface area contributed by atoms with Gasteiger partial charge in [-0.15, -0.1) is 11.6 Å². The zero-order valence-corrected chi connectivity index (χ0v) is 17.7. The number of benzene rings is 2. The number of H-pyrrole nitrogens is 1. The second kappa shape index (κ2) is 7.26. The monoisotopic (exact) mass is 470 g/mol. The van der Waals surface area contributed by atoms with Crippen LogP contribution < -0.4 is 11.2 Å². The second-order valence-electron chi connectivity index (χ2n) is 6.20. The lowest BCUT2D eigenvalue weighted by atomic mass is 10.1. The van der Waals surface area contributed by atoms with Crippen LogP contribution in [0, 0.1) is 6.92 Å². The summed E-state index contributed by atoms with van der Waals surface area (Å²) in [6.45, 7) is 3.18. The van der Waals surface area contributed by atoms with Crippen LogP contribution in [-0.2, 0) is 16.4 Å². The summed E-state index contributed by atoms with van der Waals surface area (Å²) in [5.41, 5.74) is 0.839. The maximum atomic E-state index is 12.8. The summed E-state index contributed by atoms with van der Waals surface area (Å²) in [4.78, 5) is 27.9. The first-order valence-corrected chi connectivity index (χ1v) is 10.8. The minimum atomic E-state index is -3.67. The van der Waals surface area contributed by atoms with Crippen molar-refractivity contribution in [3.05, 3.63) is 72.8 Å². The van der Waals surface area contributed by atoms with Crippen molar-refractivity contribution in [1.29, 1.82) is 0 Å². The van der Waals surface area contributed by atoms with E-state index in [0.29, 0.717) is 16.5 Å². The number of halogens is 2. The molecular weight excluding hydrogens is 456 g/mol. The average molecular weight is 472 g/mol. The third kappa shape index (κ3) is 3.74. The van der Waals surface area contributed by atoms with E-state index in [4.69, 9.17) is 11.6 Å². The highest BCUT2D eigenvalue weighted by molar-refractivity contribution is 9.10. The highest BCUT2D eigenvalue weighted by Gasteiger charge is 2.21. The minimum Gasteiger partial charge on any atom is -0.307 e. The van der Waals surface area contributed by atoms with Gasteiger partial charge >= 0.3 is 5.69 Å². The van der Waals surface area contributed by atoms with Crippen molar-refractivity contribution < 1.29 is 8.42 Å². The van der Waals surface area contributed by atoms with E-state index < -0.39 is 25.8 Å². The van der Waals surface area contributed by atoms with Crippen LogP contribution in [0.1, 0.15) is 18.1 Å². The zero-order chi connectivity index (χ0) is 19.9. The predicted octanol–water partition coefficient (Wildman–Crippen LogP) is 3.17. The summed E-state index contributed by atoms with van der Waals surface area (Å²) in [5, 5.41) is 0.366. The van der Waals surface area contributed by atoms with Gasteiger partial charge in [0.1, 0.15) is 4.71 Å². The number of fused-ring (bicyclic) bond motifs is 1. The Hall–Kier alpha value is -1.90. The maximum Gasteiger partial charge on any atom is 0.329 e. The first-order chi connectivity index (χ1) is 12.6. The van der Waals surface area contributed by atoms with Gasteiger partial charge in [-0.2, -0.15) is 0 Å². The fraction of sp³-hybridized carbons (Fsp3) is 0.222. The fourth-order valence-corrected chi connectivity index (χ4v) is 4.33. The van der Waals surface area contributed by atoms with Crippen molar-refractivity contribution in [2.75, 3.05) is 0 Å². The number of nitrogens with zero attached hydrogens (tertiary/aromatic N) is 1. The first-order valence-electron chi connectivity index (χ1n) is 8.01.